The predicted molar refractivity (Wildman–Crippen MR) is 103 cm³/mol. The molecule has 1 fully saturated rings. The van der Waals surface area contributed by atoms with Crippen LogP contribution in [-0.2, 0) is 27.7 Å². The van der Waals surface area contributed by atoms with Crippen molar-refractivity contribution < 1.29 is 13.2 Å². The quantitative estimate of drug-likeness (QED) is 0.640. The number of imidazole rings is 1. The maximum atomic E-state index is 12.1. The highest BCUT2D eigenvalue weighted by atomic mass is 32.2. The molecule has 2 aromatic rings. The molecular weight excluding hydrogens is 364 g/mol. The summed E-state index contributed by atoms with van der Waals surface area (Å²) in [5.74, 6) is 0.572. The van der Waals surface area contributed by atoms with Crippen LogP contribution in [0.15, 0.2) is 35.9 Å². The number of likely N-dealkylation sites (tertiary alicyclic amines) is 1. The Bertz CT molecular complexity index is 828. The van der Waals surface area contributed by atoms with Gasteiger partial charge in [0, 0.05) is 45.5 Å². The molecule has 1 aliphatic rings. The fourth-order valence-corrected chi connectivity index (χ4v) is 4.56. The number of hydrogen-bond acceptors (Lipinski definition) is 6. The van der Waals surface area contributed by atoms with E-state index in [9.17, 15) is 8.42 Å². The van der Waals surface area contributed by atoms with Gasteiger partial charge in [-0.05, 0) is 56.0 Å². The van der Waals surface area contributed by atoms with E-state index in [4.69, 9.17) is 4.74 Å². The van der Waals surface area contributed by atoms with E-state index in [-0.39, 0.29) is 5.16 Å². The van der Waals surface area contributed by atoms with Crippen LogP contribution < -0.4 is 0 Å². The Balaban J connectivity index is 1.66. The van der Waals surface area contributed by atoms with Crippen LogP contribution in [0.2, 0.25) is 0 Å². The van der Waals surface area contributed by atoms with E-state index in [1.54, 1.807) is 13.3 Å². The van der Waals surface area contributed by atoms with Gasteiger partial charge in [0.15, 0.2) is 0 Å². The fraction of sp³-hybridized carbons (Fsp3) is 0.579. The molecule has 8 heteroatoms. The maximum absolute atomic E-state index is 12.1. The van der Waals surface area contributed by atoms with E-state index in [0.717, 1.165) is 44.6 Å². The average Bonchev–Trinajstić information content (AvgIpc) is 3.06. The van der Waals surface area contributed by atoms with Gasteiger partial charge in [-0.25, -0.2) is 13.4 Å². The van der Waals surface area contributed by atoms with Gasteiger partial charge >= 0.3 is 0 Å². The van der Waals surface area contributed by atoms with E-state index in [1.165, 1.54) is 11.8 Å². The molecule has 0 unspecified atom stereocenters. The second-order valence-corrected chi connectivity index (χ2v) is 9.04. The van der Waals surface area contributed by atoms with Crippen LogP contribution >= 0.6 is 0 Å². The molecule has 3 rings (SSSR count). The van der Waals surface area contributed by atoms with E-state index >= 15 is 0 Å². The van der Waals surface area contributed by atoms with Crippen molar-refractivity contribution in [2.45, 2.75) is 43.4 Å². The molecule has 0 aliphatic carbocycles. The van der Waals surface area contributed by atoms with Gasteiger partial charge in [0.2, 0.25) is 15.0 Å². The van der Waals surface area contributed by atoms with Crippen molar-refractivity contribution in [3.05, 3.63) is 42.0 Å². The lowest BCUT2D eigenvalue weighted by Gasteiger charge is -2.32. The number of aromatic nitrogens is 3. The van der Waals surface area contributed by atoms with Crippen LogP contribution in [0, 0.1) is 0 Å². The summed E-state index contributed by atoms with van der Waals surface area (Å²) in [6.45, 7) is 3.89. The molecule has 27 heavy (non-hydrogen) atoms. The summed E-state index contributed by atoms with van der Waals surface area (Å²) in [6.07, 6.45) is 9.58. The summed E-state index contributed by atoms with van der Waals surface area (Å²) < 4.78 is 31.1. The lowest BCUT2D eigenvalue weighted by atomic mass is 9.90. The molecule has 0 spiro atoms. The van der Waals surface area contributed by atoms with Crippen molar-refractivity contribution in [2.75, 3.05) is 33.1 Å². The summed E-state index contributed by atoms with van der Waals surface area (Å²) in [5, 5.41) is 0.153. The topological polar surface area (TPSA) is 77.3 Å². The Morgan fingerprint density at radius 3 is 2.56 bits per heavy atom. The molecule has 0 radical (unpaired) electrons. The minimum atomic E-state index is -3.35. The SMILES string of the molecule is COCCCn1c(CN2CCC(c3ccncc3)CC2)cnc1S(C)(=O)=O. The molecule has 1 aliphatic heterocycles. The first-order valence-corrected chi connectivity index (χ1v) is 11.2. The van der Waals surface area contributed by atoms with Gasteiger partial charge in [0.25, 0.3) is 0 Å². The third-order valence-corrected chi connectivity index (χ3v) is 6.10. The molecule has 7 nitrogen and oxygen atoms in total. The first-order valence-electron chi connectivity index (χ1n) is 9.34. The standard InChI is InChI=1S/C19H28N4O3S/c1-26-13-3-10-23-18(14-21-19(23)27(2,24)25)15-22-11-6-17(7-12-22)16-4-8-20-9-5-16/h4-5,8-9,14,17H,3,6-7,10-13,15H2,1-2H3. The van der Waals surface area contributed by atoms with Crippen molar-refractivity contribution >= 4 is 9.84 Å². The van der Waals surface area contributed by atoms with Gasteiger partial charge in [0.1, 0.15) is 0 Å². The minimum absolute atomic E-state index is 0.153. The van der Waals surface area contributed by atoms with Crippen LogP contribution in [0.4, 0.5) is 0 Å². The van der Waals surface area contributed by atoms with Crippen molar-refractivity contribution in [3.8, 4) is 0 Å². The van der Waals surface area contributed by atoms with E-state index in [2.05, 4.69) is 27.0 Å². The normalized spacial score (nSPS) is 16.7. The molecule has 1 saturated heterocycles. The Morgan fingerprint density at radius 2 is 1.93 bits per heavy atom. The molecule has 0 aromatic carbocycles. The minimum Gasteiger partial charge on any atom is -0.385 e. The molecule has 0 atom stereocenters. The van der Waals surface area contributed by atoms with Gasteiger partial charge in [-0.2, -0.15) is 0 Å². The predicted octanol–water partition coefficient (Wildman–Crippen LogP) is 2.10. The van der Waals surface area contributed by atoms with E-state index < -0.39 is 9.84 Å². The highest BCUT2D eigenvalue weighted by molar-refractivity contribution is 7.90. The van der Waals surface area contributed by atoms with Crippen LogP contribution in [0.5, 0.6) is 0 Å². The van der Waals surface area contributed by atoms with E-state index in [0.29, 0.717) is 19.1 Å². The van der Waals surface area contributed by atoms with Gasteiger partial charge in [-0.15, -0.1) is 0 Å². The first-order chi connectivity index (χ1) is 13.0. The van der Waals surface area contributed by atoms with Crippen molar-refractivity contribution in [1.82, 2.24) is 19.4 Å². The zero-order chi connectivity index (χ0) is 19.3. The smallest absolute Gasteiger partial charge is 0.227 e. The monoisotopic (exact) mass is 392 g/mol. The summed E-state index contributed by atoms with van der Waals surface area (Å²) >= 11 is 0. The summed E-state index contributed by atoms with van der Waals surface area (Å²) in [7, 11) is -1.70. The molecule has 0 bridgehead atoms. The molecule has 3 heterocycles. The van der Waals surface area contributed by atoms with Gasteiger partial charge in [0.05, 0.1) is 11.9 Å². The average molecular weight is 393 g/mol. The highest BCUT2D eigenvalue weighted by Crippen LogP contribution is 2.28. The Morgan fingerprint density at radius 1 is 1.22 bits per heavy atom. The second kappa shape index (κ2) is 8.95. The maximum Gasteiger partial charge on any atom is 0.227 e. The number of hydrogen-bond donors (Lipinski definition) is 0. The number of sulfone groups is 1. The van der Waals surface area contributed by atoms with E-state index in [1.807, 2.05) is 17.0 Å². The second-order valence-electron chi connectivity index (χ2n) is 7.13. The zero-order valence-corrected chi connectivity index (χ0v) is 16.9. The number of nitrogens with zero attached hydrogens (tertiary/aromatic N) is 4. The fourth-order valence-electron chi connectivity index (χ4n) is 3.71. The lowest BCUT2D eigenvalue weighted by molar-refractivity contribution is 0.184. The molecular formula is C19H28N4O3S. The lowest BCUT2D eigenvalue weighted by Crippen LogP contribution is -2.33. The number of piperidine rings is 1. The number of pyridine rings is 1. The number of rotatable bonds is 8. The first kappa shape index (κ1) is 20.0. The molecule has 148 valence electrons. The zero-order valence-electron chi connectivity index (χ0n) is 16.0. The number of ether oxygens (including phenoxy) is 1. The molecule has 0 amide bonds. The Labute approximate surface area is 161 Å². The Hall–Kier alpha value is -1.77. The third kappa shape index (κ3) is 5.15. The van der Waals surface area contributed by atoms with Crippen molar-refractivity contribution in [1.29, 1.82) is 0 Å². The van der Waals surface area contributed by atoms with Gasteiger partial charge in [-0.3, -0.25) is 9.88 Å². The molecule has 0 N–H and O–H groups in total. The molecule has 2 aromatic heterocycles. The Kier molecular flexibility index (Phi) is 6.62. The van der Waals surface area contributed by atoms with Crippen LogP contribution in [-0.4, -0.2) is 60.9 Å². The van der Waals surface area contributed by atoms with Crippen molar-refractivity contribution in [2.24, 2.45) is 0 Å². The van der Waals surface area contributed by atoms with Crippen molar-refractivity contribution in [3.63, 3.8) is 0 Å². The third-order valence-electron chi connectivity index (χ3n) is 5.11. The molecule has 0 saturated carbocycles. The largest absolute Gasteiger partial charge is 0.385 e. The van der Waals surface area contributed by atoms with Gasteiger partial charge < -0.3 is 9.30 Å². The summed E-state index contributed by atoms with van der Waals surface area (Å²) in [4.78, 5) is 10.7. The highest BCUT2D eigenvalue weighted by Gasteiger charge is 2.24. The van der Waals surface area contributed by atoms with Crippen LogP contribution in [0.25, 0.3) is 0 Å². The summed E-state index contributed by atoms with van der Waals surface area (Å²) in [6, 6.07) is 4.20. The van der Waals surface area contributed by atoms with Gasteiger partial charge in [-0.1, -0.05) is 0 Å². The van der Waals surface area contributed by atoms with Crippen LogP contribution in [0.1, 0.15) is 36.4 Å². The number of methoxy groups -OCH3 is 1. The van der Waals surface area contributed by atoms with Crippen LogP contribution in [0.3, 0.4) is 0 Å². The summed E-state index contributed by atoms with van der Waals surface area (Å²) in [5.41, 5.74) is 2.31.